The monoisotopic (exact) mass is 288 g/mol. The number of aliphatic hydroxyl groups excluding tert-OH is 1. The summed E-state index contributed by atoms with van der Waals surface area (Å²) >= 11 is 0. The van der Waals surface area contributed by atoms with Crippen LogP contribution in [0.25, 0.3) is 0 Å². The first-order chi connectivity index (χ1) is 8.79. The van der Waals surface area contributed by atoms with E-state index in [4.69, 9.17) is 5.14 Å². The van der Waals surface area contributed by atoms with Crippen LogP contribution in [0.5, 0.6) is 0 Å². The molecular weight excluding hydrogens is 271 g/mol. The van der Waals surface area contributed by atoms with Gasteiger partial charge in [0.2, 0.25) is 10.0 Å². The lowest BCUT2D eigenvalue weighted by Crippen LogP contribution is -2.24. The van der Waals surface area contributed by atoms with Gasteiger partial charge < -0.3 is 10.0 Å². The lowest BCUT2D eigenvalue weighted by atomic mass is 10.0. The minimum absolute atomic E-state index is 0.109. The molecule has 0 aromatic heterocycles. The van der Waals surface area contributed by atoms with E-state index in [-0.39, 0.29) is 10.8 Å². The van der Waals surface area contributed by atoms with Crippen LogP contribution in [0, 0.1) is 11.7 Å². The Balaban J connectivity index is 2.24. The lowest BCUT2D eigenvalue weighted by molar-refractivity contribution is 0.136. The van der Waals surface area contributed by atoms with Crippen LogP contribution in [0.1, 0.15) is 13.3 Å². The zero-order chi connectivity index (χ0) is 14.2. The van der Waals surface area contributed by atoms with E-state index in [1.807, 2.05) is 0 Å². The summed E-state index contributed by atoms with van der Waals surface area (Å²) in [5, 5.41) is 14.5. The Hall–Kier alpha value is -1.18. The number of rotatable bonds is 3. The summed E-state index contributed by atoms with van der Waals surface area (Å²) in [6.45, 7) is 2.92. The third-order valence-electron chi connectivity index (χ3n) is 3.50. The molecule has 0 saturated carbocycles. The summed E-state index contributed by atoms with van der Waals surface area (Å²) in [6, 6.07) is 3.64. The van der Waals surface area contributed by atoms with Gasteiger partial charge in [0.25, 0.3) is 0 Å². The number of hydrogen-bond acceptors (Lipinski definition) is 4. The van der Waals surface area contributed by atoms with E-state index in [1.165, 1.54) is 12.1 Å². The van der Waals surface area contributed by atoms with Crippen molar-refractivity contribution < 1.29 is 17.9 Å². The Labute approximate surface area is 111 Å². The van der Waals surface area contributed by atoms with Gasteiger partial charge in [-0.3, -0.25) is 0 Å². The van der Waals surface area contributed by atoms with Crippen LogP contribution in [-0.2, 0) is 10.0 Å². The fourth-order valence-electron chi connectivity index (χ4n) is 2.32. The molecule has 1 aliphatic rings. The summed E-state index contributed by atoms with van der Waals surface area (Å²) < 4.78 is 36.2. The van der Waals surface area contributed by atoms with Crippen LogP contribution in [0.2, 0.25) is 0 Å². The summed E-state index contributed by atoms with van der Waals surface area (Å²) in [7, 11) is -3.89. The van der Waals surface area contributed by atoms with Crippen LogP contribution in [0.3, 0.4) is 0 Å². The van der Waals surface area contributed by atoms with Gasteiger partial charge in [0, 0.05) is 19.0 Å². The highest BCUT2D eigenvalue weighted by molar-refractivity contribution is 7.89. The van der Waals surface area contributed by atoms with Crippen molar-refractivity contribution in [2.24, 2.45) is 11.1 Å². The predicted octanol–water partition coefficient (Wildman–Crippen LogP) is 0.680. The van der Waals surface area contributed by atoms with E-state index in [0.29, 0.717) is 18.8 Å². The largest absolute Gasteiger partial charge is 0.393 e. The molecule has 0 spiro atoms. The maximum Gasteiger partial charge on any atom is 0.238 e. The Kier molecular flexibility index (Phi) is 3.80. The van der Waals surface area contributed by atoms with E-state index in [2.05, 4.69) is 0 Å². The van der Waals surface area contributed by atoms with Gasteiger partial charge in [0.1, 0.15) is 5.82 Å². The number of nitrogens with zero attached hydrogens (tertiary/aromatic N) is 1. The van der Waals surface area contributed by atoms with E-state index in [9.17, 15) is 17.9 Å². The van der Waals surface area contributed by atoms with Crippen molar-refractivity contribution in [1.29, 1.82) is 0 Å². The first-order valence-corrected chi connectivity index (χ1v) is 7.59. The first kappa shape index (κ1) is 14.2. The third kappa shape index (κ3) is 3.05. The van der Waals surface area contributed by atoms with E-state index < -0.39 is 21.9 Å². The molecule has 2 rings (SSSR count). The van der Waals surface area contributed by atoms with Gasteiger partial charge in [-0.2, -0.15) is 0 Å². The molecular formula is C12H17FN2O3S. The molecule has 7 heteroatoms. The molecule has 0 bridgehead atoms. The summed E-state index contributed by atoms with van der Waals surface area (Å²) in [5.41, 5.74) is 0.343. The predicted molar refractivity (Wildman–Crippen MR) is 69.8 cm³/mol. The molecule has 3 N–H and O–H groups in total. The van der Waals surface area contributed by atoms with Gasteiger partial charge >= 0.3 is 0 Å². The van der Waals surface area contributed by atoms with Gasteiger partial charge in [0.05, 0.1) is 16.7 Å². The quantitative estimate of drug-likeness (QED) is 0.856. The molecule has 1 aromatic rings. The highest BCUT2D eigenvalue weighted by atomic mass is 32.2. The minimum atomic E-state index is -3.89. The molecule has 1 heterocycles. The van der Waals surface area contributed by atoms with Gasteiger partial charge in [-0.25, -0.2) is 17.9 Å². The number of aliphatic hydroxyl groups is 1. The zero-order valence-corrected chi connectivity index (χ0v) is 11.4. The maximum atomic E-state index is 13.9. The van der Waals surface area contributed by atoms with Gasteiger partial charge in [-0.15, -0.1) is 0 Å². The number of benzene rings is 1. The molecule has 5 nitrogen and oxygen atoms in total. The lowest BCUT2D eigenvalue weighted by Gasteiger charge is -2.20. The number of anilines is 1. The topological polar surface area (TPSA) is 83.6 Å². The summed E-state index contributed by atoms with van der Waals surface area (Å²) in [5.74, 6) is -0.505. The van der Waals surface area contributed by atoms with E-state index in [0.717, 1.165) is 12.5 Å². The SMILES string of the molecule is CC(O)C1CCN(c2ccc(S(N)(=O)=O)cc2F)C1. The average Bonchev–Trinajstić information content (AvgIpc) is 2.76. The Morgan fingerprint density at radius 2 is 2.21 bits per heavy atom. The Morgan fingerprint density at radius 1 is 1.53 bits per heavy atom. The van der Waals surface area contributed by atoms with Gasteiger partial charge in [0.15, 0.2) is 0 Å². The molecule has 0 amide bonds. The average molecular weight is 288 g/mol. The van der Waals surface area contributed by atoms with Crippen molar-refractivity contribution in [2.75, 3.05) is 18.0 Å². The smallest absolute Gasteiger partial charge is 0.238 e. The number of nitrogens with two attached hydrogens (primary N) is 1. The minimum Gasteiger partial charge on any atom is -0.393 e. The van der Waals surface area contributed by atoms with Crippen LogP contribution in [-0.4, -0.2) is 32.7 Å². The molecule has 2 unspecified atom stereocenters. The van der Waals surface area contributed by atoms with Crippen LogP contribution in [0.4, 0.5) is 10.1 Å². The fourth-order valence-corrected chi connectivity index (χ4v) is 2.85. The van der Waals surface area contributed by atoms with Crippen molar-refractivity contribution in [2.45, 2.75) is 24.3 Å². The zero-order valence-electron chi connectivity index (χ0n) is 10.6. The fraction of sp³-hybridized carbons (Fsp3) is 0.500. The molecule has 19 heavy (non-hydrogen) atoms. The summed E-state index contributed by atoms with van der Waals surface area (Å²) in [4.78, 5) is 1.57. The van der Waals surface area contributed by atoms with Crippen molar-refractivity contribution in [3.63, 3.8) is 0 Å². The molecule has 1 saturated heterocycles. The van der Waals surface area contributed by atoms with Crippen LogP contribution < -0.4 is 10.0 Å². The first-order valence-electron chi connectivity index (χ1n) is 6.04. The molecule has 106 valence electrons. The summed E-state index contributed by atoms with van der Waals surface area (Å²) in [6.07, 6.45) is 0.352. The van der Waals surface area contributed by atoms with Crippen LogP contribution in [0.15, 0.2) is 23.1 Å². The van der Waals surface area contributed by atoms with Crippen LogP contribution >= 0.6 is 0 Å². The number of halogens is 1. The number of sulfonamides is 1. The second-order valence-electron chi connectivity index (χ2n) is 4.89. The third-order valence-corrected chi connectivity index (χ3v) is 4.41. The molecule has 1 fully saturated rings. The maximum absolute atomic E-state index is 13.9. The molecule has 0 aliphatic carbocycles. The molecule has 1 aliphatic heterocycles. The standard InChI is InChI=1S/C12H17FN2O3S/c1-8(16)9-4-5-15(7-9)12-3-2-10(6-11(12)13)19(14,17)18/h2-3,6,8-9,16H,4-5,7H2,1H3,(H2,14,17,18). The van der Waals surface area contributed by atoms with Crippen molar-refractivity contribution in [1.82, 2.24) is 0 Å². The van der Waals surface area contributed by atoms with Gasteiger partial charge in [-0.05, 0) is 31.5 Å². The Bertz CT molecular complexity index is 574. The highest BCUT2D eigenvalue weighted by Gasteiger charge is 2.27. The van der Waals surface area contributed by atoms with Crippen molar-refractivity contribution in [3.05, 3.63) is 24.0 Å². The van der Waals surface area contributed by atoms with Gasteiger partial charge in [-0.1, -0.05) is 0 Å². The number of hydrogen-bond donors (Lipinski definition) is 2. The Morgan fingerprint density at radius 3 is 2.68 bits per heavy atom. The van der Waals surface area contributed by atoms with Crippen molar-refractivity contribution >= 4 is 15.7 Å². The van der Waals surface area contributed by atoms with Crippen molar-refractivity contribution in [3.8, 4) is 0 Å². The second-order valence-corrected chi connectivity index (χ2v) is 6.46. The van der Waals surface area contributed by atoms with E-state index in [1.54, 1.807) is 11.8 Å². The molecule has 0 radical (unpaired) electrons. The highest BCUT2D eigenvalue weighted by Crippen LogP contribution is 2.29. The molecule has 1 aromatic carbocycles. The van der Waals surface area contributed by atoms with E-state index >= 15 is 0 Å². The molecule has 2 atom stereocenters. The number of primary sulfonamides is 1. The second kappa shape index (κ2) is 5.07. The normalized spacial score (nSPS) is 21.7.